The molecule has 202 valence electrons. The Bertz CT molecular complexity index is 1190. The average molecular weight is 537 g/mol. The maximum absolute atomic E-state index is 14.1. The number of thiophene rings is 1. The van der Waals surface area contributed by atoms with E-state index in [-0.39, 0.29) is 24.3 Å². The number of nitrogens with zero attached hydrogens (tertiary/aromatic N) is 1. The zero-order chi connectivity index (χ0) is 26.9. The monoisotopic (exact) mass is 536 g/mol. The van der Waals surface area contributed by atoms with Crippen LogP contribution in [-0.2, 0) is 16.0 Å². The quantitative estimate of drug-likeness (QED) is 0.329. The molecule has 1 heterocycles. The number of hydrogen-bond acceptors (Lipinski definition) is 6. The van der Waals surface area contributed by atoms with Crippen LogP contribution in [0.4, 0.5) is 5.69 Å². The van der Waals surface area contributed by atoms with Gasteiger partial charge in [-0.05, 0) is 73.2 Å². The highest BCUT2D eigenvalue weighted by molar-refractivity contribution is 7.10. The molecular formula is C30H36N2O5S. The van der Waals surface area contributed by atoms with E-state index < -0.39 is 6.04 Å². The largest absolute Gasteiger partial charge is 0.494 e. The average Bonchev–Trinajstić information content (AvgIpc) is 3.45. The minimum Gasteiger partial charge on any atom is -0.494 e. The van der Waals surface area contributed by atoms with Crippen molar-refractivity contribution in [1.82, 2.24) is 5.32 Å². The predicted molar refractivity (Wildman–Crippen MR) is 150 cm³/mol. The van der Waals surface area contributed by atoms with Gasteiger partial charge in [-0.2, -0.15) is 0 Å². The maximum Gasteiger partial charge on any atom is 0.248 e. The first-order valence-electron chi connectivity index (χ1n) is 13.1. The molecule has 1 aliphatic carbocycles. The molecule has 1 aliphatic rings. The maximum atomic E-state index is 14.1. The summed E-state index contributed by atoms with van der Waals surface area (Å²) in [6, 6.07) is 15.8. The first-order valence-corrected chi connectivity index (χ1v) is 14.0. The van der Waals surface area contributed by atoms with E-state index in [0.717, 1.165) is 30.6 Å². The van der Waals surface area contributed by atoms with Crippen LogP contribution in [0.15, 0.2) is 60.0 Å². The summed E-state index contributed by atoms with van der Waals surface area (Å²) in [6.07, 6.45) is 5.43. The molecule has 0 radical (unpaired) electrons. The Morgan fingerprint density at radius 2 is 1.74 bits per heavy atom. The number of methoxy groups -OCH3 is 2. The van der Waals surface area contributed by atoms with Gasteiger partial charge in [0.2, 0.25) is 11.8 Å². The Hall–Kier alpha value is -3.52. The van der Waals surface area contributed by atoms with Crippen molar-refractivity contribution in [3.8, 4) is 17.2 Å². The molecule has 8 heteroatoms. The minimum absolute atomic E-state index is 0.0912. The summed E-state index contributed by atoms with van der Waals surface area (Å²) < 4.78 is 16.6. The molecule has 38 heavy (non-hydrogen) atoms. The fourth-order valence-corrected chi connectivity index (χ4v) is 5.62. The van der Waals surface area contributed by atoms with E-state index in [1.165, 1.54) is 17.8 Å². The molecule has 1 aromatic heterocycles. The van der Waals surface area contributed by atoms with Gasteiger partial charge in [-0.3, -0.25) is 14.5 Å². The molecule has 0 spiro atoms. The molecule has 3 aromatic rings. The Labute approximate surface area is 228 Å². The van der Waals surface area contributed by atoms with Crippen LogP contribution in [0.1, 0.15) is 55.5 Å². The summed E-state index contributed by atoms with van der Waals surface area (Å²) in [5.74, 6) is 1.38. The van der Waals surface area contributed by atoms with E-state index in [1.54, 1.807) is 31.3 Å². The molecule has 0 saturated heterocycles. The van der Waals surface area contributed by atoms with Gasteiger partial charge in [-0.25, -0.2) is 0 Å². The Morgan fingerprint density at radius 3 is 2.37 bits per heavy atom. The number of hydrogen-bond donors (Lipinski definition) is 1. The van der Waals surface area contributed by atoms with Crippen LogP contribution < -0.4 is 24.4 Å². The van der Waals surface area contributed by atoms with E-state index in [0.29, 0.717) is 35.1 Å². The molecule has 4 rings (SSSR count). The van der Waals surface area contributed by atoms with E-state index >= 15 is 0 Å². The number of rotatable bonds is 11. The van der Waals surface area contributed by atoms with Crippen molar-refractivity contribution < 1.29 is 23.8 Å². The zero-order valence-corrected chi connectivity index (χ0v) is 23.1. The van der Waals surface area contributed by atoms with Gasteiger partial charge in [0.1, 0.15) is 11.8 Å². The standard InChI is InChI=1S/C30H36N2O5S/c1-4-37-24-15-13-23(14-16-24)32(28(33)20-25-11-8-18-38-25)29(30(34)31-22-9-6-5-7-10-22)21-12-17-26(35-2)27(19-21)36-3/h8,11-19,22,29H,4-7,9-10,20H2,1-3H3,(H,31,34). The molecule has 1 saturated carbocycles. The van der Waals surface area contributed by atoms with E-state index in [9.17, 15) is 9.59 Å². The number of anilines is 1. The fraction of sp³-hybridized carbons (Fsp3) is 0.400. The fourth-order valence-electron chi connectivity index (χ4n) is 4.92. The van der Waals surface area contributed by atoms with Crippen LogP contribution in [0.5, 0.6) is 17.2 Å². The highest BCUT2D eigenvalue weighted by Gasteiger charge is 2.35. The van der Waals surface area contributed by atoms with Crippen molar-refractivity contribution in [3.05, 3.63) is 70.4 Å². The van der Waals surface area contributed by atoms with Crippen LogP contribution in [0, 0.1) is 0 Å². The predicted octanol–water partition coefficient (Wildman–Crippen LogP) is 5.93. The number of benzene rings is 2. The smallest absolute Gasteiger partial charge is 0.248 e. The first-order chi connectivity index (χ1) is 18.5. The van der Waals surface area contributed by atoms with Gasteiger partial charge in [0.05, 0.1) is 27.2 Å². The van der Waals surface area contributed by atoms with Gasteiger partial charge >= 0.3 is 0 Å². The van der Waals surface area contributed by atoms with Crippen molar-refractivity contribution >= 4 is 28.8 Å². The van der Waals surface area contributed by atoms with Crippen LogP contribution >= 0.6 is 11.3 Å². The number of carbonyl (C=O) groups excluding carboxylic acids is 2. The number of amides is 2. The summed E-state index contributed by atoms with van der Waals surface area (Å²) >= 11 is 1.52. The van der Waals surface area contributed by atoms with Crippen molar-refractivity contribution in [2.24, 2.45) is 0 Å². The molecular weight excluding hydrogens is 500 g/mol. The third-order valence-electron chi connectivity index (χ3n) is 6.78. The molecule has 2 amide bonds. The summed E-state index contributed by atoms with van der Waals surface area (Å²) in [5, 5.41) is 5.20. The van der Waals surface area contributed by atoms with Crippen molar-refractivity contribution in [1.29, 1.82) is 0 Å². The lowest BCUT2D eigenvalue weighted by atomic mass is 9.94. The van der Waals surface area contributed by atoms with Gasteiger partial charge in [-0.15, -0.1) is 11.3 Å². The normalized spacial score (nSPS) is 14.4. The lowest BCUT2D eigenvalue weighted by Gasteiger charge is -2.34. The topological polar surface area (TPSA) is 77.1 Å². The third kappa shape index (κ3) is 6.67. The SMILES string of the molecule is CCOc1ccc(N(C(=O)Cc2cccs2)C(C(=O)NC2CCCCC2)c2ccc(OC)c(OC)c2)cc1. The van der Waals surface area contributed by atoms with Gasteiger partial charge in [0.15, 0.2) is 11.5 Å². The van der Waals surface area contributed by atoms with Gasteiger partial charge in [0.25, 0.3) is 0 Å². The van der Waals surface area contributed by atoms with E-state index in [2.05, 4.69) is 5.32 Å². The van der Waals surface area contributed by atoms with Crippen molar-refractivity contribution in [2.75, 3.05) is 25.7 Å². The van der Waals surface area contributed by atoms with Crippen LogP contribution in [0.2, 0.25) is 0 Å². The molecule has 0 aliphatic heterocycles. The number of carbonyl (C=O) groups is 2. The molecule has 1 atom stereocenters. The Balaban J connectivity index is 1.79. The van der Waals surface area contributed by atoms with Crippen molar-refractivity contribution in [3.63, 3.8) is 0 Å². The number of nitrogens with one attached hydrogen (secondary N) is 1. The molecule has 1 fully saturated rings. The lowest BCUT2D eigenvalue weighted by molar-refractivity contribution is -0.127. The second kappa shape index (κ2) is 13.3. The van der Waals surface area contributed by atoms with Crippen LogP contribution in [-0.4, -0.2) is 38.7 Å². The molecule has 1 N–H and O–H groups in total. The summed E-state index contributed by atoms with van der Waals surface area (Å²) in [4.78, 5) is 30.6. The van der Waals surface area contributed by atoms with E-state index in [4.69, 9.17) is 14.2 Å². The summed E-state index contributed by atoms with van der Waals surface area (Å²) in [6.45, 7) is 2.46. The zero-order valence-electron chi connectivity index (χ0n) is 22.3. The van der Waals surface area contributed by atoms with Crippen LogP contribution in [0.25, 0.3) is 0 Å². The van der Waals surface area contributed by atoms with Gasteiger partial charge < -0.3 is 19.5 Å². The second-order valence-electron chi connectivity index (χ2n) is 9.31. The highest BCUT2D eigenvalue weighted by Crippen LogP contribution is 2.36. The molecule has 1 unspecified atom stereocenters. The molecule has 0 bridgehead atoms. The first kappa shape index (κ1) is 27.5. The second-order valence-corrected chi connectivity index (χ2v) is 10.3. The molecule has 2 aromatic carbocycles. The van der Waals surface area contributed by atoms with E-state index in [1.807, 2.05) is 54.8 Å². The van der Waals surface area contributed by atoms with Gasteiger partial charge in [0, 0.05) is 16.6 Å². The van der Waals surface area contributed by atoms with Crippen molar-refractivity contribution in [2.45, 2.75) is 57.5 Å². The lowest BCUT2D eigenvalue weighted by Crippen LogP contribution is -2.47. The summed E-state index contributed by atoms with van der Waals surface area (Å²) in [7, 11) is 3.13. The third-order valence-corrected chi connectivity index (χ3v) is 7.66. The summed E-state index contributed by atoms with van der Waals surface area (Å²) in [5.41, 5.74) is 1.26. The van der Waals surface area contributed by atoms with Gasteiger partial charge in [-0.1, -0.05) is 31.4 Å². The number of ether oxygens (including phenoxy) is 3. The highest BCUT2D eigenvalue weighted by atomic mass is 32.1. The molecule has 7 nitrogen and oxygen atoms in total. The van der Waals surface area contributed by atoms with Crippen LogP contribution in [0.3, 0.4) is 0 Å². The Morgan fingerprint density at radius 1 is 1.00 bits per heavy atom. The minimum atomic E-state index is -0.901. The Kier molecular flexibility index (Phi) is 9.65.